The highest BCUT2D eigenvalue weighted by Crippen LogP contribution is 2.29. The lowest BCUT2D eigenvalue weighted by molar-refractivity contribution is 1.04. The van der Waals surface area contributed by atoms with E-state index in [-0.39, 0.29) is 0 Å². The van der Waals surface area contributed by atoms with Gasteiger partial charge in [0.2, 0.25) is 0 Å². The average Bonchev–Trinajstić information content (AvgIpc) is 3.05. The zero-order chi connectivity index (χ0) is 18.1. The maximum Gasteiger partial charge on any atom is 0.165 e. The lowest BCUT2D eigenvalue weighted by Crippen LogP contribution is -2.12. The third kappa shape index (κ3) is 3.07. The zero-order valence-electron chi connectivity index (χ0n) is 14.4. The minimum Gasteiger partial charge on any atom is -0.363 e. The molecule has 0 atom stereocenters. The molecule has 7 heteroatoms. The highest BCUT2D eigenvalue weighted by molar-refractivity contribution is 6.33. The van der Waals surface area contributed by atoms with Gasteiger partial charge in [0.05, 0.1) is 10.5 Å². The smallest absolute Gasteiger partial charge is 0.165 e. The Morgan fingerprint density at radius 3 is 2.58 bits per heavy atom. The fraction of sp³-hybridized carbons (Fsp3) is 0.105. The average molecular weight is 365 g/mol. The van der Waals surface area contributed by atoms with Crippen molar-refractivity contribution >= 4 is 40.0 Å². The van der Waals surface area contributed by atoms with Gasteiger partial charge in [-0.1, -0.05) is 35.9 Å². The summed E-state index contributed by atoms with van der Waals surface area (Å²) in [5.74, 6) is 2.70. The number of fused-ring (bicyclic) bond motifs is 1. The van der Waals surface area contributed by atoms with Crippen LogP contribution in [0, 0.1) is 0 Å². The summed E-state index contributed by atoms with van der Waals surface area (Å²) in [4.78, 5) is 11.2. The van der Waals surface area contributed by atoms with Gasteiger partial charge in [0.15, 0.2) is 11.6 Å². The Bertz CT molecular complexity index is 1070. The van der Waals surface area contributed by atoms with Crippen LogP contribution in [0.5, 0.6) is 0 Å². The van der Waals surface area contributed by atoms with Gasteiger partial charge in [0.25, 0.3) is 0 Å². The first kappa shape index (κ1) is 16.4. The molecule has 4 aromatic rings. The summed E-state index contributed by atoms with van der Waals surface area (Å²) in [5.41, 5.74) is 1.75. The van der Waals surface area contributed by atoms with Crippen LogP contribution in [0.2, 0.25) is 5.02 Å². The maximum atomic E-state index is 6.33. The predicted molar refractivity (Wildman–Crippen MR) is 106 cm³/mol. The molecular formula is C19H17ClN6. The van der Waals surface area contributed by atoms with E-state index < -0.39 is 0 Å². The third-order valence-electron chi connectivity index (χ3n) is 4.00. The van der Waals surface area contributed by atoms with Gasteiger partial charge in [-0.25, -0.2) is 9.97 Å². The molecule has 0 unspecified atom stereocenters. The molecule has 0 saturated heterocycles. The summed E-state index contributed by atoms with van der Waals surface area (Å²) in [6, 6.07) is 17.3. The van der Waals surface area contributed by atoms with E-state index in [0.29, 0.717) is 22.5 Å². The highest BCUT2D eigenvalue weighted by Gasteiger charge is 2.13. The van der Waals surface area contributed by atoms with Crippen molar-refractivity contribution in [1.82, 2.24) is 20.2 Å². The summed E-state index contributed by atoms with van der Waals surface area (Å²) in [7, 11) is 3.87. The summed E-state index contributed by atoms with van der Waals surface area (Å²) >= 11 is 6.33. The van der Waals surface area contributed by atoms with Crippen molar-refractivity contribution in [3.8, 4) is 11.4 Å². The number of hydrogen-bond acceptors (Lipinski definition) is 5. The number of aromatic nitrogens is 4. The lowest BCUT2D eigenvalue weighted by atomic mass is 10.2. The van der Waals surface area contributed by atoms with Crippen LogP contribution in [0.3, 0.4) is 0 Å². The van der Waals surface area contributed by atoms with Gasteiger partial charge in [-0.15, -0.1) is 0 Å². The predicted octanol–water partition coefficient (Wildman–Crippen LogP) is 4.48. The van der Waals surface area contributed by atoms with Crippen molar-refractivity contribution in [3.63, 3.8) is 0 Å². The molecule has 4 rings (SSSR count). The van der Waals surface area contributed by atoms with E-state index in [0.717, 1.165) is 22.3 Å². The van der Waals surface area contributed by atoms with Crippen LogP contribution >= 0.6 is 11.6 Å². The maximum absolute atomic E-state index is 6.33. The number of nitrogens with zero attached hydrogens (tertiary/aromatic N) is 4. The van der Waals surface area contributed by atoms with E-state index in [1.807, 2.05) is 73.6 Å². The summed E-state index contributed by atoms with van der Waals surface area (Å²) in [6.45, 7) is 0. The standard InChI is InChI=1S/C19H17ClN6/c1-26(2)17-11-16(21-18(23-17)12-7-3-5-9-14(12)20)22-19-13-8-4-6-10-15(13)24-25-19/h3-11H,1-2H3,(H2,21,22,23,24,25). The van der Waals surface area contributed by atoms with E-state index in [1.54, 1.807) is 0 Å². The fourth-order valence-corrected chi connectivity index (χ4v) is 2.89. The first-order valence-electron chi connectivity index (χ1n) is 8.13. The second-order valence-electron chi connectivity index (χ2n) is 6.05. The molecule has 0 amide bonds. The van der Waals surface area contributed by atoms with Gasteiger partial charge in [0.1, 0.15) is 11.6 Å². The Morgan fingerprint density at radius 1 is 1.00 bits per heavy atom. The number of hydrogen-bond donors (Lipinski definition) is 2. The number of H-pyrrole nitrogens is 1. The molecule has 0 aliphatic rings. The van der Waals surface area contributed by atoms with Gasteiger partial charge in [-0.05, 0) is 24.3 Å². The molecule has 2 aromatic carbocycles. The van der Waals surface area contributed by atoms with Gasteiger partial charge < -0.3 is 10.2 Å². The van der Waals surface area contributed by atoms with E-state index in [9.17, 15) is 0 Å². The first-order valence-corrected chi connectivity index (χ1v) is 8.51. The molecule has 2 heterocycles. The number of nitrogens with one attached hydrogen (secondary N) is 2. The van der Waals surface area contributed by atoms with Crippen LogP contribution in [0.1, 0.15) is 0 Å². The van der Waals surface area contributed by atoms with Crippen molar-refractivity contribution in [3.05, 3.63) is 59.6 Å². The number of para-hydroxylation sites is 1. The summed E-state index contributed by atoms with van der Waals surface area (Å²) in [5, 5.41) is 12.3. The van der Waals surface area contributed by atoms with Crippen molar-refractivity contribution < 1.29 is 0 Å². The SMILES string of the molecule is CN(C)c1cc(Nc2n[nH]c3ccccc23)nc(-c2ccccc2Cl)n1. The van der Waals surface area contributed by atoms with E-state index >= 15 is 0 Å². The van der Waals surface area contributed by atoms with Crippen molar-refractivity contribution in [2.24, 2.45) is 0 Å². The molecule has 0 aliphatic carbocycles. The van der Waals surface area contributed by atoms with Gasteiger partial charge in [-0.3, -0.25) is 5.10 Å². The highest BCUT2D eigenvalue weighted by atomic mass is 35.5. The van der Waals surface area contributed by atoms with Crippen molar-refractivity contribution in [2.45, 2.75) is 0 Å². The molecule has 2 N–H and O–H groups in total. The molecule has 0 saturated carbocycles. The molecule has 0 aliphatic heterocycles. The van der Waals surface area contributed by atoms with Crippen LogP contribution in [0.25, 0.3) is 22.3 Å². The van der Waals surface area contributed by atoms with Crippen molar-refractivity contribution in [2.75, 3.05) is 24.3 Å². The summed E-state index contributed by atoms with van der Waals surface area (Å²) in [6.07, 6.45) is 0. The molecular weight excluding hydrogens is 348 g/mol. The number of benzene rings is 2. The molecule has 130 valence electrons. The van der Waals surface area contributed by atoms with Crippen LogP contribution in [-0.4, -0.2) is 34.3 Å². The number of rotatable bonds is 4. The molecule has 26 heavy (non-hydrogen) atoms. The minimum absolute atomic E-state index is 0.559. The quantitative estimate of drug-likeness (QED) is 0.558. The topological polar surface area (TPSA) is 69.7 Å². The number of aromatic amines is 1. The van der Waals surface area contributed by atoms with Crippen LogP contribution in [-0.2, 0) is 0 Å². The zero-order valence-corrected chi connectivity index (χ0v) is 15.1. The van der Waals surface area contributed by atoms with Gasteiger partial charge >= 0.3 is 0 Å². The normalized spacial score (nSPS) is 10.9. The van der Waals surface area contributed by atoms with E-state index in [2.05, 4.69) is 25.5 Å². The van der Waals surface area contributed by atoms with Crippen LogP contribution < -0.4 is 10.2 Å². The van der Waals surface area contributed by atoms with Crippen molar-refractivity contribution in [1.29, 1.82) is 0 Å². The summed E-state index contributed by atoms with van der Waals surface area (Å²) < 4.78 is 0. The van der Waals surface area contributed by atoms with Crippen LogP contribution in [0.4, 0.5) is 17.5 Å². The molecule has 6 nitrogen and oxygen atoms in total. The van der Waals surface area contributed by atoms with E-state index in [1.165, 1.54) is 0 Å². The Kier molecular flexibility index (Phi) is 4.18. The molecule has 0 radical (unpaired) electrons. The lowest BCUT2D eigenvalue weighted by Gasteiger charge is -2.15. The van der Waals surface area contributed by atoms with Gasteiger partial charge in [-0.2, -0.15) is 5.10 Å². The Labute approximate surface area is 155 Å². The first-order chi connectivity index (χ1) is 12.6. The second kappa shape index (κ2) is 6.65. The largest absolute Gasteiger partial charge is 0.363 e. The Morgan fingerprint density at radius 2 is 1.77 bits per heavy atom. The fourth-order valence-electron chi connectivity index (χ4n) is 2.67. The molecule has 0 fully saturated rings. The molecule has 0 spiro atoms. The third-order valence-corrected chi connectivity index (χ3v) is 4.33. The van der Waals surface area contributed by atoms with E-state index in [4.69, 9.17) is 11.6 Å². The minimum atomic E-state index is 0.559. The Balaban J connectivity index is 1.79. The molecule has 0 bridgehead atoms. The monoisotopic (exact) mass is 364 g/mol. The number of halogens is 1. The second-order valence-corrected chi connectivity index (χ2v) is 6.46. The molecule has 2 aromatic heterocycles. The Hall–Kier alpha value is -3.12. The van der Waals surface area contributed by atoms with Gasteiger partial charge in [0, 0.05) is 31.1 Å². The van der Waals surface area contributed by atoms with Crippen LogP contribution in [0.15, 0.2) is 54.6 Å². The number of anilines is 3.